The molecule has 2 aliphatic rings. The Bertz CT molecular complexity index is 1580. The standard InChI is InChI=1S/C26H22N8O/c35-26(31-24-3-1-2-23(30-24)25-32-28-15-33(25)18-5-6-18)20-10-11-27-22-9-4-16(12-21(20)22)17-13-29-34(14-17)19-7-8-19/h1-4,9-15,18-19H,5-8H2,(H,30,31,35). The zero-order valence-electron chi connectivity index (χ0n) is 18.9. The number of nitrogens with one attached hydrogen (secondary N) is 1. The van der Waals surface area contributed by atoms with Gasteiger partial charge < -0.3 is 9.88 Å². The number of hydrogen-bond acceptors (Lipinski definition) is 6. The van der Waals surface area contributed by atoms with Crippen LogP contribution >= 0.6 is 0 Å². The zero-order chi connectivity index (χ0) is 23.4. The van der Waals surface area contributed by atoms with E-state index in [0.717, 1.165) is 34.9 Å². The van der Waals surface area contributed by atoms with Crippen molar-refractivity contribution >= 4 is 22.6 Å². The maximum atomic E-state index is 13.3. The van der Waals surface area contributed by atoms with Crippen LogP contribution in [-0.4, -0.2) is 40.4 Å². The van der Waals surface area contributed by atoms with Crippen molar-refractivity contribution in [1.82, 2.24) is 34.5 Å². The molecule has 1 N–H and O–H groups in total. The number of hydrogen-bond donors (Lipinski definition) is 1. The molecule has 0 aliphatic heterocycles. The number of amides is 1. The highest BCUT2D eigenvalue weighted by atomic mass is 16.1. The molecule has 1 amide bonds. The fraction of sp³-hybridized carbons (Fsp3) is 0.231. The van der Waals surface area contributed by atoms with E-state index in [1.165, 1.54) is 12.8 Å². The number of carbonyl (C=O) groups is 1. The molecule has 0 spiro atoms. The predicted molar refractivity (Wildman–Crippen MR) is 131 cm³/mol. The summed E-state index contributed by atoms with van der Waals surface area (Å²) in [7, 11) is 0. The Balaban J connectivity index is 1.19. The number of anilines is 1. The average molecular weight is 463 g/mol. The van der Waals surface area contributed by atoms with E-state index in [1.54, 1.807) is 24.7 Å². The first-order valence-corrected chi connectivity index (χ1v) is 11.8. The summed E-state index contributed by atoms with van der Waals surface area (Å²) in [5, 5.41) is 16.5. The molecule has 9 nitrogen and oxygen atoms in total. The molecule has 7 rings (SSSR count). The second-order valence-electron chi connectivity index (χ2n) is 9.19. The number of fused-ring (bicyclic) bond motifs is 1. The minimum atomic E-state index is -0.239. The summed E-state index contributed by atoms with van der Waals surface area (Å²) in [4.78, 5) is 22.4. The molecule has 0 saturated heterocycles. The van der Waals surface area contributed by atoms with Crippen molar-refractivity contribution in [2.45, 2.75) is 37.8 Å². The molecule has 0 radical (unpaired) electrons. The fourth-order valence-electron chi connectivity index (χ4n) is 4.41. The van der Waals surface area contributed by atoms with Crippen LogP contribution in [0.1, 0.15) is 48.1 Å². The third kappa shape index (κ3) is 3.74. The number of aromatic nitrogens is 7. The summed E-state index contributed by atoms with van der Waals surface area (Å²) in [5.74, 6) is 0.940. The van der Waals surface area contributed by atoms with Crippen molar-refractivity contribution in [3.8, 4) is 22.6 Å². The highest BCUT2D eigenvalue weighted by molar-refractivity contribution is 6.12. The molecule has 35 heavy (non-hydrogen) atoms. The number of carbonyl (C=O) groups excluding carboxylic acids is 1. The maximum absolute atomic E-state index is 13.3. The number of pyridine rings is 2. The van der Waals surface area contributed by atoms with E-state index in [9.17, 15) is 4.79 Å². The van der Waals surface area contributed by atoms with E-state index in [2.05, 4.69) is 41.3 Å². The van der Waals surface area contributed by atoms with Crippen molar-refractivity contribution in [2.24, 2.45) is 0 Å². The van der Waals surface area contributed by atoms with E-state index >= 15 is 0 Å². The lowest BCUT2D eigenvalue weighted by atomic mass is 10.0. The average Bonchev–Trinajstić information content (AvgIpc) is 3.82. The molecule has 2 fully saturated rings. The monoisotopic (exact) mass is 462 g/mol. The van der Waals surface area contributed by atoms with Crippen LogP contribution in [0.3, 0.4) is 0 Å². The van der Waals surface area contributed by atoms with Crippen LogP contribution in [0.4, 0.5) is 5.82 Å². The van der Waals surface area contributed by atoms with Gasteiger partial charge in [-0.05, 0) is 61.6 Å². The van der Waals surface area contributed by atoms with Crippen LogP contribution in [0.25, 0.3) is 33.5 Å². The Morgan fingerprint density at radius 1 is 1.00 bits per heavy atom. The number of benzene rings is 1. The van der Waals surface area contributed by atoms with Crippen molar-refractivity contribution in [3.05, 3.63) is 72.9 Å². The second-order valence-corrected chi connectivity index (χ2v) is 9.19. The van der Waals surface area contributed by atoms with Gasteiger partial charge in [0.05, 0.1) is 23.3 Å². The lowest BCUT2D eigenvalue weighted by molar-refractivity contribution is 0.102. The Morgan fingerprint density at radius 2 is 1.89 bits per heavy atom. The van der Waals surface area contributed by atoms with Crippen LogP contribution in [0, 0.1) is 0 Å². The Kier molecular flexibility index (Phi) is 4.48. The Labute approximate surface area is 200 Å². The molecule has 1 aromatic carbocycles. The summed E-state index contributed by atoms with van der Waals surface area (Å²) in [6, 6.07) is 14.2. The number of rotatable bonds is 6. The van der Waals surface area contributed by atoms with Gasteiger partial charge in [0.15, 0.2) is 5.82 Å². The van der Waals surface area contributed by atoms with Crippen molar-refractivity contribution in [2.75, 3.05) is 5.32 Å². The Hall–Kier alpha value is -4.40. The smallest absolute Gasteiger partial charge is 0.257 e. The van der Waals surface area contributed by atoms with Gasteiger partial charge in [-0.1, -0.05) is 12.1 Å². The molecule has 2 saturated carbocycles. The SMILES string of the molecule is O=C(Nc1cccc(-c2nncn2C2CC2)n1)c1ccnc2ccc(-c3cnn(C4CC4)c3)cc12. The van der Waals surface area contributed by atoms with Gasteiger partial charge in [-0.15, -0.1) is 10.2 Å². The molecule has 4 aromatic heterocycles. The lowest BCUT2D eigenvalue weighted by Gasteiger charge is -2.10. The van der Waals surface area contributed by atoms with E-state index in [4.69, 9.17) is 0 Å². The first-order chi connectivity index (χ1) is 17.2. The van der Waals surface area contributed by atoms with Crippen molar-refractivity contribution in [1.29, 1.82) is 0 Å². The van der Waals surface area contributed by atoms with Crippen molar-refractivity contribution < 1.29 is 4.79 Å². The summed E-state index contributed by atoms with van der Waals surface area (Å²) < 4.78 is 4.08. The third-order valence-electron chi connectivity index (χ3n) is 6.58. The summed E-state index contributed by atoms with van der Waals surface area (Å²) in [5.41, 5.74) is 4.02. The van der Waals surface area contributed by atoms with Crippen LogP contribution < -0.4 is 5.32 Å². The molecule has 9 heteroatoms. The van der Waals surface area contributed by atoms with Gasteiger partial charge in [-0.25, -0.2) is 4.98 Å². The minimum Gasteiger partial charge on any atom is -0.309 e. The molecule has 4 heterocycles. The van der Waals surface area contributed by atoms with Crippen LogP contribution in [0.15, 0.2) is 67.4 Å². The molecule has 5 aromatic rings. The maximum Gasteiger partial charge on any atom is 0.257 e. The summed E-state index contributed by atoms with van der Waals surface area (Å²) in [6.07, 6.45) is 12.0. The second kappa shape index (κ2) is 7.83. The zero-order valence-corrected chi connectivity index (χ0v) is 18.9. The molecule has 0 bridgehead atoms. The normalized spacial score (nSPS) is 15.4. The lowest BCUT2D eigenvalue weighted by Crippen LogP contribution is -2.14. The van der Waals surface area contributed by atoms with Crippen LogP contribution in [-0.2, 0) is 0 Å². The fourth-order valence-corrected chi connectivity index (χ4v) is 4.41. The first kappa shape index (κ1) is 20.0. The molecule has 0 unspecified atom stereocenters. The largest absolute Gasteiger partial charge is 0.309 e. The molecular weight excluding hydrogens is 440 g/mol. The van der Waals surface area contributed by atoms with Gasteiger partial charge in [-0.3, -0.25) is 14.5 Å². The van der Waals surface area contributed by atoms with Gasteiger partial charge in [0, 0.05) is 29.4 Å². The van der Waals surface area contributed by atoms with Gasteiger partial charge >= 0.3 is 0 Å². The van der Waals surface area contributed by atoms with E-state index in [1.807, 2.05) is 41.2 Å². The van der Waals surface area contributed by atoms with Crippen LogP contribution in [0.2, 0.25) is 0 Å². The van der Waals surface area contributed by atoms with Gasteiger partial charge in [0.2, 0.25) is 0 Å². The van der Waals surface area contributed by atoms with E-state index < -0.39 is 0 Å². The van der Waals surface area contributed by atoms with Crippen LogP contribution in [0.5, 0.6) is 0 Å². The topological polar surface area (TPSA) is 103 Å². The predicted octanol–water partition coefficient (Wildman–Crippen LogP) is 4.67. The molecule has 172 valence electrons. The summed E-state index contributed by atoms with van der Waals surface area (Å²) in [6.45, 7) is 0. The van der Waals surface area contributed by atoms with E-state index in [-0.39, 0.29) is 5.91 Å². The van der Waals surface area contributed by atoms with E-state index in [0.29, 0.717) is 35.0 Å². The van der Waals surface area contributed by atoms with Gasteiger partial charge in [-0.2, -0.15) is 5.10 Å². The first-order valence-electron chi connectivity index (χ1n) is 11.8. The minimum absolute atomic E-state index is 0.239. The quantitative estimate of drug-likeness (QED) is 0.393. The van der Waals surface area contributed by atoms with Gasteiger partial charge in [0.1, 0.15) is 17.8 Å². The highest BCUT2D eigenvalue weighted by Gasteiger charge is 2.27. The highest BCUT2D eigenvalue weighted by Crippen LogP contribution is 2.37. The summed E-state index contributed by atoms with van der Waals surface area (Å²) >= 11 is 0. The van der Waals surface area contributed by atoms with Gasteiger partial charge in [0.25, 0.3) is 5.91 Å². The third-order valence-corrected chi connectivity index (χ3v) is 6.58. The molecular formula is C26H22N8O. The number of nitrogens with zero attached hydrogens (tertiary/aromatic N) is 7. The molecule has 0 atom stereocenters. The Morgan fingerprint density at radius 3 is 2.74 bits per heavy atom. The molecule has 2 aliphatic carbocycles. The van der Waals surface area contributed by atoms with Crippen molar-refractivity contribution in [3.63, 3.8) is 0 Å².